The van der Waals surface area contributed by atoms with Gasteiger partial charge in [-0.25, -0.2) is 0 Å². The third-order valence-electron chi connectivity index (χ3n) is 3.88. The van der Waals surface area contributed by atoms with E-state index in [1.165, 1.54) is 6.07 Å². The smallest absolute Gasteiger partial charge is 0.302 e. The van der Waals surface area contributed by atoms with Gasteiger partial charge in [-0.3, -0.25) is 4.79 Å². The van der Waals surface area contributed by atoms with Crippen LogP contribution in [0.5, 0.6) is 11.6 Å². The van der Waals surface area contributed by atoms with Crippen LogP contribution in [0, 0.1) is 0 Å². The molecule has 8 heteroatoms. The summed E-state index contributed by atoms with van der Waals surface area (Å²) >= 11 is 11.8. The normalized spacial score (nSPS) is 11.6. The van der Waals surface area contributed by atoms with E-state index in [1.54, 1.807) is 16.7 Å². The summed E-state index contributed by atoms with van der Waals surface area (Å²) in [5.74, 6) is -0.324. The maximum absolute atomic E-state index is 12.0. The van der Waals surface area contributed by atoms with Crippen LogP contribution in [-0.2, 0) is 4.79 Å². The highest BCUT2D eigenvalue weighted by Crippen LogP contribution is 2.40. The first-order chi connectivity index (χ1) is 12.9. The molecule has 0 fully saturated rings. The number of nitrogens with zero attached hydrogens (tertiary/aromatic N) is 3. The van der Waals surface area contributed by atoms with Crippen LogP contribution in [0.4, 0.5) is 5.69 Å². The Kier molecular flexibility index (Phi) is 5.68. The summed E-state index contributed by atoms with van der Waals surface area (Å²) in [6.45, 7) is 3.55. The maximum atomic E-state index is 12.0. The number of hydrogen-bond donors (Lipinski definition) is 1. The molecule has 1 aromatic heterocycles. The molecular weight excluding hydrogens is 389 g/mol. The molecule has 0 aliphatic heterocycles. The van der Waals surface area contributed by atoms with E-state index in [0.717, 1.165) is 5.52 Å². The molecule has 1 amide bonds. The van der Waals surface area contributed by atoms with Crippen LogP contribution < -0.4 is 4.74 Å². The van der Waals surface area contributed by atoms with Crippen molar-refractivity contribution in [2.24, 2.45) is 10.2 Å². The van der Waals surface area contributed by atoms with Gasteiger partial charge in [0, 0.05) is 16.5 Å². The third-order valence-corrected chi connectivity index (χ3v) is 4.41. The molecule has 140 valence electrons. The Morgan fingerprint density at radius 3 is 2.67 bits per heavy atom. The molecule has 0 aliphatic carbocycles. The average molecular weight is 406 g/mol. The molecule has 1 N–H and O–H groups in total. The molecule has 6 nitrogen and oxygen atoms in total. The number of aromatic nitrogens is 1. The fourth-order valence-corrected chi connectivity index (χ4v) is 3.18. The number of para-hydroxylation sites is 1. The van der Waals surface area contributed by atoms with Crippen molar-refractivity contribution in [2.45, 2.75) is 19.9 Å². The van der Waals surface area contributed by atoms with E-state index in [9.17, 15) is 9.90 Å². The SMILES string of the molecule is CC(C)n1c(O)c(N=NC(=O)COc2ccc(Cl)cc2Cl)c2ccccc21. The molecule has 0 unspecified atom stereocenters. The van der Waals surface area contributed by atoms with Crippen LogP contribution in [0.3, 0.4) is 0 Å². The van der Waals surface area contributed by atoms with Gasteiger partial charge in [-0.1, -0.05) is 41.4 Å². The van der Waals surface area contributed by atoms with Crippen LogP contribution >= 0.6 is 23.2 Å². The number of rotatable bonds is 5. The van der Waals surface area contributed by atoms with E-state index in [1.807, 2.05) is 38.1 Å². The van der Waals surface area contributed by atoms with E-state index in [0.29, 0.717) is 21.2 Å². The summed E-state index contributed by atoms with van der Waals surface area (Å²) in [7, 11) is 0. The van der Waals surface area contributed by atoms with Crippen LogP contribution in [0.2, 0.25) is 10.0 Å². The van der Waals surface area contributed by atoms with Crippen LogP contribution in [0.25, 0.3) is 10.9 Å². The Morgan fingerprint density at radius 2 is 1.96 bits per heavy atom. The van der Waals surface area contributed by atoms with E-state index >= 15 is 0 Å². The molecule has 0 saturated heterocycles. The largest absolute Gasteiger partial charge is 0.493 e. The molecule has 0 bridgehead atoms. The van der Waals surface area contributed by atoms with Crippen molar-refractivity contribution in [1.29, 1.82) is 0 Å². The van der Waals surface area contributed by atoms with Crippen molar-refractivity contribution in [1.82, 2.24) is 4.57 Å². The summed E-state index contributed by atoms with van der Waals surface area (Å²) in [6, 6.07) is 12.1. The lowest BCUT2D eigenvalue weighted by Gasteiger charge is -2.10. The minimum absolute atomic E-state index is 0.0185. The van der Waals surface area contributed by atoms with Gasteiger partial charge in [-0.2, -0.15) is 0 Å². The Balaban J connectivity index is 1.79. The van der Waals surface area contributed by atoms with Crippen LogP contribution in [0.1, 0.15) is 19.9 Å². The van der Waals surface area contributed by atoms with Gasteiger partial charge in [-0.15, -0.1) is 10.2 Å². The molecule has 3 aromatic rings. The molecule has 0 atom stereocenters. The molecule has 0 saturated carbocycles. The number of ether oxygens (including phenoxy) is 1. The quantitative estimate of drug-likeness (QED) is 0.534. The maximum Gasteiger partial charge on any atom is 0.302 e. The van der Waals surface area contributed by atoms with Gasteiger partial charge >= 0.3 is 5.91 Å². The number of carbonyl (C=O) groups is 1. The predicted molar refractivity (Wildman–Crippen MR) is 105 cm³/mol. The Labute approximate surface area is 166 Å². The van der Waals surface area contributed by atoms with Gasteiger partial charge in [0.15, 0.2) is 12.3 Å². The second-order valence-corrected chi connectivity index (χ2v) is 6.95. The summed E-state index contributed by atoms with van der Waals surface area (Å²) in [5.41, 5.74) is 1.06. The number of azo groups is 1. The summed E-state index contributed by atoms with van der Waals surface area (Å²) in [5, 5.41) is 19.6. The van der Waals surface area contributed by atoms with Gasteiger partial charge in [0.2, 0.25) is 5.88 Å². The first kappa shape index (κ1) is 19.2. The highest BCUT2D eigenvalue weighted by molar-refractivity contribution is 6.35. The Hall–Kier alpha value is -2.57. The molecule has 1 heterocycles. The number of benzene rings is 2. The standard InChI is InChI=1S/C19H17Cl2N3O3/c1-11(2)24-15-6-4-3-5-13(15)18(19(24)26)23-22-17(25)10-27-16-8-7-12(20)9-14(16)21/h3-9,11,26H,10H2,1-2H3. The zero-order valence-corrected chi connectivity index (χ0v) is 16.2. The summed E-state index contributed by atoms with van der Waals surface area (Å²) < 4.78 is 7.08. The first-order valence-electron chi connectivity index (χ1n) is 8.22. The zero-order chi connectivity index (χ0) is 19.6. The first-order valence-corrected chi connectivity index (χ1v) is 8.98. The van der Waals surface area contributed by atoms with Gasteiger partial charge < -0.3 is 14.4 Å². The Bertz CT molecular complexity index is 1030. The molecule has 0 radical (unpaired) electrons. The number of hydrogen-bond acceptors (Lipinski definition) is 4. The van der Waals surface area contributed by atoms with Crippen LogP contribution in [-0.4, -0.2) is 22.2 Å². The highest BCUT2D eigenvalue weighted by Gasteiger charge is 2.18. The molecule has 2 aromatic carbocycles. The highest BCUT2D eigenvalue weighted by atomic mass is 35.5. The molecular formula is C19H17Cl2N3O3. The molecule has 3 rings (SSSR count). The number of carbonyl (C=O) groups excluding carboxylic acids is 1. The van der Waals surface area contributed by atoms with E-state index < -0.39 is 5.91 Å². The molecule has 27 heavy (non-hydrogen) atoms. The number of aromatic hydroxyl groups is 1. The summed E-state index contributed by atoms with van der Waals surface area (Å²) in [6.07, 6.45) is 0. The van der Waals surface area contributed by atoms with Gasteiger partial charge in [0.1, 0.15) is 5.75 Å². The van der Waals surface area contributed by atoms with Crippen molar-refractivity contribution < 1.29 is 14.6 Å². The lowest BCUT2D eigenvalue weighted by molar-refractivity contribution is -0.120. The fourth-order valence-electron chi connectivity index (χ4n) is 2.72. The second kappa shape index (κ2) is 7.98. The third kappa shape index (κ3) is 4.07. The second-order valence-electron chi connectivity index (χ2n) is 6.11. The van der Waals surface area contributed by atoms with Gasteiger partial charge in [0.25, 0.3) is 0 Å². The molecule has 0 aliphatic rings. The summed E-state index contributed by atoms with van der Waals surface area (Å²) in [4.78, 5) is 12.0. The average Bonchev–Trinajstić information content (AvgIpc) is 2.90. The lowest BCUT2D eigenvalue weighted by Crippen LogP contribution is -2.08. The van der Waals surface area contributed by atoms with Crippen molar-refractivity contribution in [3.05, 3.63) is 52.5 Å². The minimum atomic E-state index is -0.609. The predicted octanol–water partition coefficient (Wildman–Crippen LogP) is 5.92. The van der Waals surface area contributed by atoms with E-state index in [-0.39, 0.29) is 24.2 Å². The minimum Gasteiger partial charge on any atom is -0.493 e. The van der Waals surface area contributed by atoms with E-state index in [4.69, 9.17) is 27.9 Å². The van der Waals surface area contributed by atoms with Gasteiger partial charge in [0.05, 0.1) is 10.5 Å². The Morgan fingerprint density at radius 1 is 1.22 bits per heavy atom. The number of halogens is 2. The molecule has 0 spiro atoms. The topological polar surface area (TPSA) is 76.2 Å². The zero-order valence-electron chi connectivity index (χ0n) is 14.7. The van der Waals surface area contributed by atoms with Crippen molar-refractivity contribution >= 4 is 45.7 Å². The van der Waals surface area contributed by atoms with Crippen LogP contribution in [0.15, 0.2) is 52.7 Å². The van der Waals surface area contributed by atoms with Gasteiger partial charge in [-0.05, 0) is 38.1 Å². The van der Waals surface area contributed by atoms with Crippen molar-refractivity contribution in [3.63, 3.8) is 0 Å². The number of amides is 1. The number of fused-ring (bicyclic) bond motifs is 1. The van der Waals surface area contributed by atoms with E-state index in [2.05, 4.69) is 10.2 Å². The van der Waals surface area contributed by atoms with Crippen molar-refractivity contribution in [2.75, 3.05) is 6.61 Å². The monoisotopic (exact) mass is 405 g/mol. The lowest BCUT2D eigenvalue weighted by atomic mass is 10.2. The van der Waals surface area contributed by atoms with Crippen molar-refractivity contribution in [3.8, 4) is 11.6 Å². The fraction of sp³-hybridized carbons (Fsp3) is 0.211.